The molecule has 3 aliphatic heterocycles. The molecule has 5 aliphatic rings. The van der Waals surface area contributed by atoms with E-state index in [0.717, 1.165) is 0 Å². The fraction of sp³-hybridized carbons (Fsp3) is 0.143. The van der Waals surface area contributed by atoms with Crippen molar-refractivity contribution in [2.75, 3.05) is 9.71 Å². The van der Waals surface area contributed by atoms with E-state index in [0.29, 0.717) is 0 Å². The van der Waals surface area contributed by atoms with E-state index in [9.17, 15) is 0 Å². The molecule has 0 saturated carbocycles. The first kappa shape index (κ1) is 38.1. The van der Waals surface area contributed by atoms with Gasteiger partial charge in [-0.05, 0) is 122 Å². The molecule has 0 fully saturated rings. The third-order valence-electron chi connectivity index (χ3n) is 17.1. The van der Waals surface area contributed by atoms with Gasteiger partial charge in [-0.25, -0.2) is 0 Å². The quantitative estimate of drug-likeness (QED) is 0.151. The first-order chi connectivity index (χ1) is 33.2. The lowest BCUT2D eigenvalue weighted by atomic mass is 9.42. The molecule has 2 nitrogen and oxygen atoms in total. The Morgan fingerprint density at radius 3 is 1.78 bits per heavy atom. The molecule has 0 bridgehead atoms. The number of anilines is 5. The summed E-state index contributed by atoms with van der Waals surface area (Å²) < 4.78 is 5.42. The van der Waals surface area contributed by atoms with E-state index in [2.05, 4.69) is 213 Å². The highest BCUT2D eigenvalue weighted by molar-refractivity contribution is 7.27. The van der Waals surface area contributed by atoms with Gasteiger partial charge >= 0.3 is 6.85 Å². The van der Waals surface area contributed by atoms with Crippen LogP contribution in [0.1, 0.15) is 73.9 Å². The minimum absolute atomic E-state index is 0.0514. The maximum Gasteiger partial charge on any atom is 0.333 e. The molecule has 0 saturated heterocycles. The maximum atomic E-state index is 2.79. The normalized spacial score (nSPS) is 17.0. The summed E-state index contributed by atoms with van der Waals surface area (Å²) in [6, 6.07) is 68.5. The Bertz CT molecular complexity index is 4050. The summed E-state index contributed by atoms with van der Waals surface area (Å²) in [5.41, 5.74) is 22.7. The lowest BCUT2D eigenvalue weighted by molar-refractivity contribution is 0.332. The highest BCUT2D eigenvalue weighted by Gasteiger charge is 2.56. The largest absolute Gasteiger partial charge is 0.376 e. The van der Waals surface area contributed by atoms with Gasteiger partial charge in [0, 0.05) is 74.2 Å². The molecule has 2 aromatic heterocycles. The SMILES string of the molecule is CC1(C)CCC(C)(C)c2cc(N3B4c5cccc6c5N(c5ccccc5C65c6ccccc6-c6ccccc65)c5cc6c(sc7ccccc76)c(c54)-c4c3ccc3c4sc4ccccc43)ccc21. The molecule has 5 heterocycles. The summed E-state index contributed by atoms with van der Waals surface area (Å²) in [6.07, 6.45) is 2.36. The number of para-hydroxylation sites is 2. The van der Waals surface area contributed by atoms with Crippen molar-refractivity contribution in [2.24, 2.45) is 0 Å². The van der Waals surface area contributed by atoms with E-state index in [-0.39, 0.29) is 17.7 Å². The zero-order chi connectivity index (χ0) is 45.0. The molecule has 9 aromatic carbocycles. The lowest BCUT2D eigenvalue weighted by Crippen LogP contribution is -2.62. The smallest absolute Gasteiger partial charge is 0.333 e. The zero-order valence-electron chi connectivity index (χ0n) is 38.4. The average Bonchev–Trinajstić information content (AvgIpc) is 4.03. The number of hydrogen-bond donors (Lipinski definition) is 0. The summed E-state index contributed by atoms with van der Waals surface area (Å²) in [7, 11) is 0. The Hall–Kier alpha value is -6.92. The third kappa shape index (κ3) is 4.47. The van der Waals surface area contributed by atoms with E-state index >= 15 is 0 Å². The van der Waals surface area contributed by atoms with E-state index in [1.165, 1.54) is 148 Å². The molecule has 0 radical (unpaired) electrons. The average molecular weight is 905 g/mol. The van der Waals surface area contributed by atoms with Crippen LogP contribution in [-0.4, -0.2) is 6.85 Å². The van der Waals surface area contributed by atoms with Crippen molar-refractivity contribution in [3.8, 4) is 22.3 Å². The molecular formula is C63H45BN2S2. The standard InChI is InChI=1S/C63H45BN2S2/c1-61(2)32-33-62(3,4)48-34-36(28-30-45(48)61)66-51-31-29-41-39-18-7-13-26-53(39)67-59(41)55(51)56-57-52(35-42-40-19-8-14-27-54(40)68-60(42)56)65-50-25-12-11-22-46(50)63(47-23-15-24-49(58(47)65)64(57)66)43-20-9-5-16-37(43)38-17-6-10-21-44(38)63/h5-31,34-35H,32-33H2,1-4H3. The predicted octanol–water partition coefficient (Wildman–Crippen LogP) is 16.2. The van der Waals surface area contributed by atoms with Crippen LogP contribution >= 0.6 is 22.7 Å². The summed E-state index contributed by atoms with van der Waals surface area (Å²) in [6.45, 7) is 9.75. The zero-order valence-corrected chi connectivity index (χ0v) is 40.1. The minimum atomic E-state index is -0.507. The number of benzene rings is 9. The minimum Gasteiger partial charge on any atom is -0.376 e. The summed E-state index contributed by atoms with van der Waals surface area (Å²) >= 11 is 3.94. The summed E-state index contributed by atoms with van der Waals surface area (Å²) in [5.74, 6) is 0. The monoisotopic (exact) mass is 904 g/mol. The van der Waals surface area contributed by atoms with Crippen molar-refractivity contribution in [3.63, 3.8) is 0 Å². The van der Waals surface area contributed by atoms with Crippen LogP contribution in [0.25, 0.3) is 62.6 Å². The van der Waals surface area contributed by atoms with Crippen LogP contribution in [0.2, 0.25) is 0 Å². The molecule has 11 aromatic rings. The van der Waals surface area contributed by atoms with Gasteiger partial charge in [0.2, 0.25) is 0 Å². The van der Waals surface area contributed by atoms with Crippen molar-refractivity contribution in [3.05, 3.63) is 209 Å². The van der Waals surface area contributed by atoms with E-state index in [1.807, 2.05) is 22.7 Å². The van der Waals surface area contributed by atoms with Crippen molar-refractivity contribution in [1.29, 1.82) is 0 Å². The molecule has 0 amide bonds. The summed E-state index contributed by atoms with van der Waals surface area (Å²) in [4.78, 5) is 5.50. The second-order valence-corrected chi connectivity index (χ2v) is 23.4. The van der Waals surface area contributed by atoms with Gasteiger partial charge in [0.05, 0.1) is 11.1 Å². The van der Waals surface area contributed by atoms with Crippen molar-refractivity contribution < 1.29 is 0 Å². The third-order valence-corrected chi connectivity index (χ3v) is 19.5. The van der Waals surface area contributed by atoms with Crippen molar-refractivity contribution >= 4 is 109 Å². The number of nitrogens with zero attached hydrogens (tertiary/aromatic N) is 2. The number of hydrogen-bond acceptors (Lipinski definition) is 4. The molecule has 1 spiro atoms. The summed E-state index contributed by atoms with van der Waals surface area (Å²) in [5, 5.41) is 5.34. The molecule has 16 rings (SSSR count). The van der Waals surface area contributed by atoms with Crippen LogP contribution in [0, 0.1) is 0 Å². The molecule has 0 unspecified atom stereocenters. The van der Waals surface area contributed by atoms with Gasteiger partial charge in [-0.1, -0.05) is 161 Å². The molecule has 322 valence electrons. The predicted molar refractivity (Wildman–Crippen MR) is 292 cm³/mol. The first-order valence-corrected chi connectivity index (χ1v) is 26.0. The maximum absolute atomic E-state index is 2.79. The van der Waals surface area contributed by atoms with Gasteiger partial charge in [0.15, 0.2) is 0 Å². The van der Waals surface area contributed by atoms with E-state index in [4.69, 9.17) is 0 Å². The Morgan fingerprint density at radius 2 is 1.04 bits per heavy atom. The molecule has 2 aliphatic carbocycles. The van der Waals surface area contributed by atoms with Gasteiger partial charge in [0.25, 0.3) is 0 Å². The molecular weight excluding hydrogens is 860 g/mol. The van der Waals surface area contributed by atoms with Crippen LogP contribution in [0.15, 0.2) is 176 Å². The molecule has 68 heavy (non-hydrogen) atoms. The van der Waals surface area contributed by atoms with E-state index in [1.54, 1.807) is 0 Å². The van der Waals surface area contributed by atoms with Gasteiger partial charge in [-0.2, -0.15) is 0 Å². The van der Waals surface area contributed by atoms with Crippen LogP contribution in [-0.2, 0) is 16.2 Å². The molecule has 5 heteroatoms. The highest BCUT2D eigenvalue weighted by Crippen LogP contribution is 2.65. The Kier molecular flexibility index (Phi) is 7.16. The topological polar surface area (TPSA) is 6.48 Å². The number of rotatable bonds is 1. The second kappa shape index (κ2) is 12.8. The van der Waals surface area contributed by atoms with Crippen LogP contribution in [0.5, 0.6) is 0 Å². The fourth-order valence-corrected chi connectivity index (χ4v) is 16.5. The Labute approximate surface area is 404 Å². The van der Waals surface area contributed by atoms with Gasteiger partial charge in [-0.3, -0.25) is 0 Å². The van der Waals surface area contributed by atoms with Gasteiger partial charge in [-0.15, -0.1) is 22.7 Å². The molecule has 0 N–H and O–H groups in total. The Balaban J connectivity index is 1.10. The number of thiophene rings is 2. The fourth-order valence-electron chi connectivity index (χ4n) is 14.0. The van der Waals surface area contributed by atoms with Gasteiger partial charge < -0.3 is 9.71 Å². The Morgan fingerprint density at radius 1 is 0.441 bits per heavy atom. The second-order valence-electron chi connectivity index (χ2n) is 21.3. The number of fused-ring (bicyclic) bond motifs is 22. The van der Waals surface area contributed by atoms with Crippen LogP contribution < -0.4 is 20.6 Å². The van der Waals surface area contributed by atoms with Gasteiger partial charge in [0.1, 0.15) is 0 Å². The van der Waals surface area contributed by atoms with Crippen molar-refractivity contribution in [1.82, 2.24) is 0 Å². The lowest BCUT2D eigenvalue weighted by Gasteiger charge is -2.51. The van der Waals surface area contributed by atoms with Crippen LogP contribution in [0.3, 0.4) is 0 Å². The van der Waals surface area contributed by atoms with E-state index < -0.39 is 5.41 Å². The first-order valence-electron chi connectivity index (χ1n) is 24.3. The highest BCUT2D eigenvalue weighted by atomic mass is 32.1. The van der Waals surface area contributed by atoms with Crippen LogP contribution in [0.4, 0.5) is 28.4 Å². The van der Waals surface area contributed by atoms with Crippen molar-refractivity contribution in [2.45, 2.75) is 56.8 Å². The molecule has 0 atom stereocenters.